The van der Waals surface area contributed by atoms with Crippen LogP contribution in [-0.4, -0.2) is 17.9 Å². The minimum Gasteiger partial charge on any atom is -0.370 e. The SMILES string of the molecule is C[C@@H](CC(N)=O)NC(=O)Cc1cccc2ccccc12. The van der Waals surface area contributed by atoms with Gasteiger partial charge in [-0.1, -0.05) is 42.5 Å². The van der Waals surface area contributed by atoms with E-state index in [1.54, 1.807) is 6.92 Å². The van der Waals surface area contributed by atoms with Gasteiger partial charge in [-0.2, -0.15) is 0 Å². The number of carbonyl (C=O) groups is 2. The first kappa shape index (κ1) is 14.1. The zero-order chi connectivity index (χ0) is 14.5. The zero-order valence-corrected chi connectivity index (χ0v) is 11.4. The largest absolute Gasteiger partial charge is 0.370 e. The Labute approximate surface area is 118 Å². The molecular formula is C16H18N2O2. The summed E-state index contributed by atoms with van der Waals surface area (Å²) in [6.07, 6.45) is 0.450. The van der Waals surface area contributed by atoms with Crippen molar-refractivity contribution >= 4 is 22.6 Å². The van der Waals surface area contributed by atoms with Gasteiger partial charge in [0, 0.05) is 12.5 Å². The number of hydrogen-bond acceptors (Lipinski definition) is 2. The molecule has 0 spiro atoms. The Hall–Kier alpha value is -2.36. The molecule has 4 heteroatoms. The maximum atomic E-state index is 12.0. The summed E-state index contributed by atoms with van der Waals surface area (Å²) in [4.78, 5) is 22.8. The quantitative estimate of drug-likeness (QED) is 0.869. The fraction of sp³-hybridized carbons (Fsp3) is 0.250. The number of rotatable bonds is 5. The maximum absolute atomic E-state index is 12.0. The first-order chi connectivity index (χ1) is 9.56. The van der Waals surface area contributed by atoms with Crippen molar-refractivity contribution < 1.29 is 9.59 Å². The molecule has 0 aliphatic rings. The molecule has 0 saturated carbocycles. The van der Waals surface area contributed by atoms with Crippen LogP contribution >= 0.6 is 0 Å². The fourth-order valence-corrected chi connectivity index (χ4v) is 2.30. The van der Waals surface area contributed by atoms with Crippen LogP contribution in [0.1, 0.15) is 18.9 Å². The Morgan fingerprint density at radius 2 is 1.85 bits per heavy atom. The van der Waals surface area contributed by atoms with Crippen LogP contribution in [-0.2, 0) is 16.0 Å². The molecule has 2 aromatic rings. The summed E-state index contributed by atoms with van der Waals surface area (Å²) in [7, 11) is 0. The van der Waals surface area contributed by atoms with Crippen LogP contribution in [0.4, 0.5) is 0 Å². The number of hydrogen-bond donors (Lipinski definition) is 2. The molecule has 104 valence electrons. The maximum Gasteiger partial charge on any atom is 0.224 e. The summed E-state index contributed by atoms with van der Waals surface area (Å²) in [5.41, 5.74) is 6.08. The molecule has 0 fully saturated rings. The highest BCUT2D eigenvalue weighted by Crippen LogP contribution is 2.18. The summed E-state index contributed by atoms with van der Waals surface area (Å²) in [5, 5.41) is 4.98. The topological polar surface area (TPSA) is 72.2 Å². The molecule has 4 nitrogen and oxygen atoms in total. The minimum absolute atomic E-state index is 0.102. The number of fused-ring (bicyclic) bond motifs is 1. The van der Waals surface area contributed by atoms with Gasteiger partial charge >= 0.3 is 0 Å². The monoisotopic (exact) mass is 270 g/mol. The number of carbonyl (C=O) groups excluding carboxylic acids is 2. The molecule has 0 radical (unpaired) electrons. The third-order valence-electron chi connectivity index (χ3n) is 3.15. The van der Waals surface area contributed by atoms with E-state index in [0.717, 1.165) is 16.3 Å². The van der Waals surface area contributed by atoms with Gasteiger partial charge in [-0.15, -0.1) is 0 Å². The first-order valence-corrected chi connectivity index (χ1v) is 6.60. The van der Waals surface area contributed by atoms with Crippen molar-refractivity contribution in [3.8, 4) is 0 Å². The van der Waals surface area contributed by atoms with Crippen molar-refractivity contribution in [1.82, 2.24) is 5.32 Å². The molecule has 0 saturated heterocycles. The highest BCUT2D eigenvalue weighted by molar-refractivity contribution is 5.90. The highest BCUT2D eigenvalue weighted by atomic mass is 16.2. The van der Waals surface area contributed by atoms with Gasteiger partial charge in [-0.05, 0) is 23.3 Å². The van der Waals surface area contributed by atoms with E-state index >= 15 is 0 Å². The van der Waals surface area contributed by atoms with E-state index in [1.165, 1.54) is 0 Å². The van der Waals surface area contributed by atoms with Gasteiger partial charge in [-0.3, -0.25) is 9.59 Å². The van der Waals surface area contributed by atoms with Gasteiger partial charge in [0.1, 0.15) is 0 Å². The van der Waals surface area contributed by atoms with Crippen molar-refractivity contribution in [1.29, 1.82) is 0 Å². The zero-order valence-electron chi connectivity index (χ0n) is 11.4. The Kier molecular flexibility index (Phi) is 4.35. The molecular weight excluding hydrogens is 252 g/mol. The number of nitrogens with one attached hydrogen (secondary N) is 1. The van der Waals surface area contributed by atoms with E-state index in [-0.39, 0.29) is 18.4 Å². The first-order valence-electron chi connectivity index (χ1n) is 6.60. The lowest BCUT2D eigenvalue weighted by molar-refractivity contribution is -0.121. The molecule has 3 N–H and O–H groups in total. The smallest absolute Gasteiger partial charge is 0.224 e. The highest BCUT2D eigenvalue weighted by Gasteiger charge is 2.11. The van der Waals surface area contributed by atoms with Gasteiger partial charge in [0.15, 0.2) is 0 Å². The summed E-state index contributed by atoms with van der Waals surface area (Å²) >= 11 is 0. The Morgan fingerprint density at radius 1 is 1.15 bits per heavy atom. The van der Waals surface area contributed by atoms with Crippen molar-refractivity contribution in [2.75, 3.05) is 0 Å². The van der Waals surface area contributed by atoms with Crippen molar-refractivity contribution in [3.63, 3.8) is 0 Å². The van der Waals surface area contributed by atoms with Gasteiger partial charge in [0.2, 0.25) is 11.8 Å². The molecule has 0 bridgehead atoms. The van der Waals surface area contributed by atoms with Gasteiger partial charge < -0.3 is 11.1 Å². The number of benzene rings is 2. The summed E-state index contributed by atoms with van der Waals surface area (Å²) < 4.78 is 0. The average molecular weight is 270 g/mol. The molecule has 2 amide bonds. The Morgan fingerprint density at radius 3 is 2.60 bits per heavy atom. The summed E-state index contributed by atoms with van der Waals surface area (Å²) in [5.74, 6) is -0.516. The van der Waals surface area contributed by atoms with Crippen molar-refractivity contribution in [2.45, 2.75) is 25.8 Å². The standard InChI is InChI=1S/C16H18N2O2/c1-11(9-15(17)19)18-16(20)10-13-7-4-6-12-5-2-3-8-14(12)13/h2-8,11H,9-10H2,1H3,(H2,17,19)(H,18,20)/t11-/m0/s1. The van der Waals surface area contributed by atoms with E-state index in [0.29, 0.717) is 6.42 Å². The van der Waals surface area contributed by atoms with Crippen LogP contribution in [0.2, 0.25) is 0 Å². The Balaban J connectivity index is 2.08. The van der Waals surface area contributed by atoms with Crippen LogP contribution in [0.25, 0.3) is 10.8 Å². The molecule has 20 heavy (non-hydrogen) atoms. The minimum atomic E-state index is -0.414. The predicted molar refractivity (Wildman–Crippen MR) is 79.1 cm³/mol. The van der Waals surface area contributed by atoms with Crippen molar-refractivity contribution in [2.24, 2.45) is 5.73 Å². The van der Waals surface area contributed by atoms with Gasteiger partial charge in [0.05, 0.1) is 6.42 Å². The van der Waals surface area contributed by atoms with Gasteiger partial charge in [0.25, 0.3) is 0 Å². The molecule has 0 aliphatic carbocycles. The second-order valence-corrected chi connectivity index (χ2v) is 4.95. The predicted octanol–water partition coefficient (Wildman–Crippen LogP) is 1.76. The lowest BCUT2D eigenvalue weighted by Crippen LogP contribution is -2.36. The third-order valence-corrected chi connectivity index (χ3v) is 3.15. The second kappa shape index (κ2) is 6.19. The third kappa shape index (κ3) is 3.57. The number of amides is 2. The average Bonchev–Trinajstić information content (AvgIpc) is 2.38. The number of nitrogens with two attached hydrogens (primary N) is 1. The summed E-state index contributed by atoms with van der Waals surface area (Å²) in [6, 6.07) is 13.6. The lowest BCUT2D eigenvalue weighted by atomic mass is 10.0. The van der Waals surface area contributed by atoms with E-state index < -0.39 is 5.91 Å². The van der Waals surface area contributed by atoms with E-state index in [1.807, 2.05) is 42.5 Å². The molecule has 2 rings (SSSR count). The molecule has 0 unspecified atom stereocenters. The van der Waals surface area contributed by atoms with Crippen LogP contribution in [0.3, 0.4) is 0 Å². The molecule has 0 heterocycles. The second-order valence-electron chi connectivity index (χ2n) is 4.95. The van der Waals surface area contributed by atoms with Crippen molar-refractivity contribution in [3.05, 3.63) is 48.0 Å². The number of primary amides is 1. The van der Waals surface area contributed by atoms with Crippen LogP contribution in [0.5, 0.6) is 0 Å². The lowest BCUT2D eigenvalue weighted by Gasteiger charge is -2.12. The van der Waals surface area contributed by atoms with Crippen LogP contribution < -0.4 is 11.1 Å². The van der Waals surface area contributed by atoms with Crippen LogP contribution in [0, 0.1) is 0 Å². The van der Waals surface area contributed by atoms with Crippen LogP contribution in [0.15, 0.2) is 42.5 Å². The summed E-state index contributed by atoms with van der Waals surface area (Å²) in [6.45, 7) is 1.77. The fourth-order valence-electron chi connectivity index (χ4n) is 2.30. The Bertz CT molecular complexity index is 632. The van der Waals surface area contributed by atoms with E-state index in [2.05, 4.69) is 5.32 Å². The van der Waals surface area contributed by atoms with Gasteiger partial charge in [-0.25, -0.2) is 0 Å². The molecule has 0 aliphatic heterocycles. The molecule has 0 aromatic heterocycles. The molecule has 2 aromatic carbocycles. The normalized spacial score (nSPS) is 12.1. The van der Waals surface area contributed by atoms with E-state index in [4.69, 9.17) is 5.73 Å². The molecule has 1 atom stereocenters. The van der Waals surface area contributed by atoms with E-state index in [9.17, 15) is 9.59 Å².